The van der Waals surface area contributed by atoms with E-state index in [1.807, 2.05) is 32.0 Å². The quantitative estimate of drug-likeness (QED) is 0.662. The van der Waals surface area contributed by atoms with E-state index < -0.39 is 5.41 Å². The standard InChI is InChI=1S/C13H15N/c1-4-8-13(3,10-14)12-7-5-6-11(2)9-12/h4-7,9H,1,8H2,2-3H3. The van der Waals surface area contributed by atoms with Crippen molar-refractivity contribution in [2.45, 2.75) is 25.7 Å². The Kier molecular flexibility index (Phi) is 3.09. The van der Waals surface area contributed by atoms with Crippen molar-refractivity contribution in [3.8, 4) is 6.07 Å². The Labute approximate surface area is 85.7 Å². The molecule has 72 valence electrons. The normalized spacial score (nSPS) is 14.1. The zero-order valence-electron chi connectivity index (χ0n) is 8.75. The molecule has 1 nitrogen and oxygen atoms in total. The first-order chi connectivity index (χ1) is 6.62. The molecular formula is C13H15N. The number of allylic oxidation sites excluding steroid dienone is 1. The van der Waals surface area contributed by atoms with Crippen LogP contribution in [0.1, 0.15) is 24.5 Å². The predicted octanol–water partition coefficient (Wildman–Crippen LogP) is 3.35. The molecule has 1 aromatic rings. The highest BCUT2D eigenvalue weighted by molar-refractivity contribution is 5.34. The van der Waals surface area contributed by atoms with E-state index in [9.17, 15) is 0 Å². The van der Waals surface area contributed by atoms with Gasteiger partial charge in [-0.2, -0.15) is 5.26 Å². The lowest BCUT2D eigenvalue weighted by molar-refractivity contribution is 0.621. The minimum Gasteiger partial charge on any atom is -0.197 e. The van der Waals surface area contributed by atoms with Crippen molar-refractivity contribution in [3.63, 3.8) is 0 Å². The first-order valence-electron chi connectivity index (χ1n) is 4.72. The highest BCUT2D eigenvalue weighted by Gasteiger charge is 2.24. The van der Waals surface area contributed by atoms with E-state index >= 15 is 0 Å². The molecule has 0 amide bonds. The van der Waals surface area contributed by atoms with Gasteiger partial charge in [-0.05, 0) is 25.8 Å². The fraction of sp³-hybridized carbons (Fsp3) is 0.308. The summed E-state index contributed by atoms with van der Waals surface area (Å²) >= 11 is 0. The van der Waals surface area contributed by atoms with Crippen LogP contribution in [-0.4, -0.2) is 0 Å². The van der Waals surface area contributed by atoms with Crippen LogP contribution in [0.15, 0.2) is 36.9 Å². The smallest absolute Gasteiger partial charge is 0.0828 e. The van der Waals surface area contributed by atoms with E-state index in [0.717, 1.165) is 5.56 Å². The zero-order chi connectivity index (χ0) is 10.6. The Bertz CT molecular complexity index is 373. The third-order valence-electron chi connectivity index (χ3n) is 2.45. The number of aryl methyl sites for hydroxylation is 1. The van der Waals surface area contributed by atoms with Gasteiger partial charge in [0, 0.05) is 0 Å². The molecular weight excluding hydrogens is 170 g/mol. The van der Waals surface area contributed by atoms with Crippen LogP contribution in [0.2, 0.25) is 0 Å². The summed E-state index contributed by atoms with van der Waals surface area (Å²) < 4.78 is 0. The van der Waals surface area contributed by atoms with Gasteiger partial charge in [-0.3, -0.25) is 0 Å². The molecule has 0 aliphatic rings. The maximum absolute atomic E-state index is 9.16. The lowest BCUT2D eigenvalue weighted by Crippen LogP contribution is -2.18. The second-order valence-electron chi connectivity index (χ2n) is 3.81. The average molecular weight is 185 g/mol. The largest absolute Gasteiger partial charge is 0.197 e. The Hall–Kier alpha value is -1.55. The summed E-state index contributed by atoms with van der Waals surface area (Å²) in [6.07, 6.45) is 2.48. The molecule has 0 N–H and O–H groups in total. The molecule has 14 heavy (non-hydrogen) atoms. The number of benzene rings is 1. The zero-order valence-corrected chi connectivity index (χ0v) is 8.75. The Morgan fingerprint density at radius 1 is 1.57 bits per heavy atom. The van der Waals surface area contributed by atoms with E-state index in [0.29, 0.717) is 6.42 Å². The summed E-state index contributed by atoms with van der Waals surface area (Å²) in [6.45, 7) is 7.68. The van der Waals surface area contributed by atoms with Crippen molar-refractivity contribution in [2.75, 3.05) is 0 Å². The number of hydrogen-bond donors (Lipinski definition) is 0. The van der Waals surface area contributed by atoms with Crippen molar-refractivity contribution < 1.29 is 0 Å². The SMILES string of the molecule is C=CCC(C)(C#N)c1cccc(C)c1. The molecule has 1 aromatic carbocycles. The van der Waals surface area contributed by atoms with Crippen molar-refractivity contribution >= 4 is 0 Å². The number of nitrogens with zero attached hydrogens (tertiary/aromatic N) is 1. The molecule has 0 saturated heterocycles. The van der Waals surface area contributed by atoms with Gasteiger partial charge < -0.3 is 0 Å². The van der Waals surface area contributed by atoms with Crippen LogP contribution in [0.3, 0.4) is 0 Å². The molecule has 0 spiro atoms. The van der Waals surface area contributed by atoms with E-state index in [1.165, 1.54) is 5.56 Å². The van der Waals surface area contributed by atoms with Crippen LogP contribution in [0.5, 0.6) is 0 Å². The molecule has 1 heteroatoms. The summed E-state index contributed by atoms with van der Waals surface area (Å²) in [5, 5.41) is 9.16. The molecule has 0 bridgehead atoms. The Morgan fingerprint density at radius 3 is 2.79 bits per heavy atom. The highest BCUT2D eigenvalue weighted by atomic mass is 14.3. The van der Waals surface area contributed by atoms with Crippen molar-refractivity contribution in [2.24, 2.45) is 0 Å². The van der Waals surface area contributed by atoms with E-state index in [-0.39, 0.29) is 0 Å². The molecule has 0 aromatic heterocycles. The summed E-state index contributed by atoms with van der Waals surface area (Å²) in [5.41, 5.74) is 1.82. The van der Waals surface area contributed by atoms with Crippen molar-refractivity contribution in [1.29, 1.82) is 5.26 Å². The molecule has 0 aliphatic carbocycles. The van der Waals surface area contributed by atoms with Gasteiger partial charge in [-0.25, -0.2) is 0 Å². The highest BCUT2D eigenvalue weighted by Crippen LogP contribution is 2.27. The maximum atomic E-state index is 9.16. The van der Waals surface area contributed by atoms with Crippen LogP contribution in [0.25, 0.3) is 0 Å². The summed E-state index contributed by atoms with van der Waals surface area (Å²) in [5.74, 6) is 0. The second-order valence-corrected chi connectivity index (χ2v) is 3.81. The topological polar surface area (TPSA) is 23.8 Å². The first kappa shape index (κ1) is 10.5. The molecule has 0 saturated carbocycles. The molecule has 1 rings (SSSR count). The van der Waals surface area contributed by atoms with E-state index in [2.05, 4.69) is 18.7 Å². The van der Waals surface area contributed by atoms with E-state index in [4.69, 9.17) is 5.26 Å². The van der Waals surface area contributed by atoms with E-state index in [1.54, 1.807) is 6.08 Å². The summed E-state index contributed by atoms with van der Waals surface area (Å²) in [7, 11) is 0. The lowest BCUT2D eigenvalue weighted by Gasteiger charge is -2.20. The van der Waals surface area contributed by atoms with Gasteiger partial charge in [0.25, 0.3) is 0 Å². The average Bonchev–Trinajstić information content (AvgIpc) is 2.18. The lowest BCUT2D eigenvalue weighted by atomic mass is 9.80. The fourth-order valence-electron chi connectivity index (χ4n) is 1.50. The molecule has 0 heterocycles. The minimum atomic E-state index is -0.437. The Morgan fingerprint density at radius 2 is 2.29 bits per heavy atom. The van der Waals surface area contributed by atoms with Crippen LogP contribution in [-0.2, 0) is 5.41 Å². The van der Waals surface area contributed by atoms with Gasteiger partial charge in [0.05, 0.1) is 11.5 Å². The van der Waals surface area contributed by atoms with Gasteiger partial charge in [0.1, 0.15) is 0 Å². The monoisotopic (exact) mass is 185 g/mol. The summed E-state index contributed by atoms with van der Waals surface area (Å²) in [4.78, 5) is 0. The minimum absolute atomic E-state index is 0.437. The van der Waals surface area contributed by atoms with Crippen LogP contribution >= 0.6 is 0 Å². The van der Waals surface area contributed by atoms with Gasteiger partial charge in [-0.15, -0.1) is 6.58 Å². The predicted molar refractivity (Wildman–Crippen MR) is 59.0 cm³/mol. The van der Waals surface area contributed by atoms with Gasteiger partial charge >= 0.3 is 0 Å². The number of nitriles is 1. The second kappa shape index (κ2) is 4.11. The number of rotatable bonds is 3. The van der Waals surface area contributed by atoms with Crippen LogP contribution < -0.4 is 0 Å². The fourth-order valence-corrected chi connectivity index (χ4v) is 1.50. The Balaban J connectivity index is 3.13. The van der Waals surface area contributed by atoms with Crippen molar-refractivity contribution in [1.82, 2.24) is 0 Å². The molecule has 0 aliphatic heterocycles. The number of hydrogen-bond acceptors (Lipinski definition) is 1. The summed E-state index contributed by atoms with van der Waals surface area (Å²) in [6, 6.07) is 10.4. The maximum Gasteiger partial charge on any atom is 0.0828 e. The van der Waals surface area contributed by atoms with Crippen LogP contribution in [0, 0.1) is 18.3 Å². The van der Waals surface area contributed by atoms with Gasteiger partial charge in [0.2, 0.25) is 0 Å². The third kappa shape index (κ3) is 2.03. The molecule has 0 fully saturated rings. The molecule has 0 radical (unpaired) electrons. The third-order valence-corrected chi connectivity index (χ3v) is 2.45. The first-order valence-corrected chi connectivity index (χ1v) is 4.72. The molecule has 1 unspecified atom stereocenters. The van der Waals surface area contributed by atoms with Gasteiger partial charge in [0.15, 0.2) is 0 Å². The molecule has 1 atom stereocenters. The van der Waals surface area contributed by atoms with Gasteiger partial charge in [-0.1, -0.05) is 35.9 Å². The van der Waals surface area contributed by atoms with Crippen LogP contribution in [0.4, 0.5) is 0 Å². The van der Waals surface area contributed by atoms with Crippen molar-refractivity contribution in [3.05, 3.63) is 48.0 Å².